The van der Waals surface area contributed by atoms with Crippen LogP contribution in [0.15, 0.2) is 11.1 Å². The second kappa shape index (κ2) is 7.52. The summed E-state index contributed by atoms with van der Waals surface area (Å²) in [5.41, 5.74) is 2.06. The molecule has 0 aliphatic heterocycles. The highest BCUT2D eigenvalue weighted by atomic mass is 16.5. The largest absolute Gasteiger partial charge is 0.459 e. The zero-order valence-corrected chi connectivity index (χ0v) is 11.6. The Bertz CT molecular complexity index is 265. The number of ether oxygens (including phenoxy) is 1. The Labute approximate surface area is 105 Å². The van der Waals surface area contributed by atoms with Crippen molar-refractivity contribution in [3.05, 3.63) is 11.1 Å². The monoisotopic (exact) mass is 238 g/mol. The third kappa shape index (κ3) is 4.53. The van der Waals surface area contributed by atoms with Crippen LogP contribution in [0.25, 0.3) is 0 Å². The molecule has 1 aliphatic carbocycles. The molecule has 17 heavy (non-hydrogen) atoms. The molecule has 0 N–H and O–H groups in total. The van der Waals surface area contributed by atoms with Gasteiger partial charge in [-0.15, -0.1) is 0 Å². The van der Waals surface area contributed by atoms with Gasteiger partial charge in [-0.1, -0.05) is 32.3 Å². The number of rotatable bonds is 4. The summed E-state index contributed by atoms with van der Waals surface area (Å²) < 4.78 is 5.62. The summed E-state index contributed by atoms with van der Waals surface area (Å²) in [5.74, 6) is -0.0874. The van der Waals surface area contributed by atoms with Crippen LogP contribution in [0.2, 0.25) is 0 Å². The number of hydrogen-bond donors (Lipinski definition) is 0. The van der Waals surface area contributed by atoms with E-state index in [0.717, 1.165) is 31.3 Å². The first-order valence-corrected chi connectivity index (χ1v) is 7.08. The highest BCUT2D eigenvalue weighted by Gasteiger charge is 2.18. The van der Waals surface area contributed by atoms with Crippen LogP contribution in [0.5, 0.6) is 0 Å². The van der Waals surface area contributed by atoms with Crippen LogP contribution < -0.4 is 0 Å². The minimum Gasteiger partial charge on any atom is -0.459 e. The maximum atomic E-state index is 12.0. The Balaban J connectivity index is 2.55. The molecule has 0 saturated heterocycles. The van der Waals surface area contributed by atoms with Gasteiger partial charge in [0.1, 0.15) is 6.10 Å². The van der Waals surface area contributed by atoms with E-state index in [4.69, 9.17) is 4.74 Å². The molecule has 0 aromatic heterocycles. The highest BCUT2D eigenvalue weighted by Crippen LogP contribution is 2.22. The SMILES string of the molecule is CCC(CC)=C(C)C(=O)OC1CCCCCC1. The number of carbonyl (C=O) groups is 1. The van der Waals surface area contributed by atoms with Gasteiger partial charge in [0, 0.05) is 5.57 Å². The smallest absolute Gasteiger partial charge is 0.333 e. The van der Waals surface area contributed by atoms with Crippen molar-refractivity contribution >= 4 is 5.97 Å². The van der Waals surface area contributed by atoms with Gasteiger partial charge in [0.05, 0.1) is 0 Å². The third-order valence-corrected chi connectivity index (χ3v) is 3.77. The van der Waals surface area contributed by atoms with E-state index < -0.39 is 0 Å². The van der Waals surface area contributed by atoms with Crippen molar-refractivity contribution < 1.29 is 9.53 Å². The fourth-order valence-electron chi connectivity index (χ4n) is 2.52. The molecule has 0 heterocycles. The second-order valence-corrected chi connectivity index (χ2v) is 4.95. The molecule has 2 nitrogen and oxygen atoms in total. The van der Waals surface area contributed by atoms with E-state index in [1.54, 1.807) is 0 Å². The van der Waals surface area contributed by atoms with Crippen LogP contribution in [0.1, 0.15) is 72.1 Å². The summed E-state index contributed by atoms with van der Waals surface area (Å²) in [7, 11) is 0. The van der Waals surface area contributed by atoms with Crippen LogP contribution >= 0.6 is 0 Å². The average molecular weight is 238 g/mol. The minimum absolute atomic E-state index is 0.0874. The normalized spacial score (nSPS) is 17.4. The van der Waals surface area contributed by atoms with E-state index in [0.29, 0.717) is 0 Å². The fourth-order valence-corrected chi connectivity index (χ4v) is 2.52. The number of esters is 1. The van der Waals surface area contributed by atoms with E-state index in [1.807, 2.05) is 6.92 Å². The maximum absolute atomic E-state index is 12.0. The van der Waals surface area contributed by atoms with Crippen molar-refractivity contribution in [3.63, 3.8) is 0 Å². The van der Waals surface area contributed by atoms with Crippen LogP contribution in [-0.4, -0.2) is 12.1 Å². The van der Waals surface area contributed by atoms with Gasteiger partial charge in [0.25, 0.3) is 0 Å². The quantitative estimate of drug-likeness (QED) is 0.412. The number of carbonyl (C=O) groups excluding carboxylic acids is 1. The molecule has 0 amide bonds. The average Bonchev–Trinajstić information content (AvgIpc) is 2.59. The van der Waals surface area contributed by atoms with Gasteiger partial charge < -0.3 is 4.74 Å². The molecule has 0 aromatic rings. The lowest BCUT2D eigenvalue weighted by Gasteiger charge is -2.17. The van der Waals surface area contributed by atoms with E-state index in [2.05, 4.69) is 13.8 Å². The van der Waals surface area contributed by atoms with Crippen LogP contribution in [0.4, 0.5) is 0 Å². The summed E-state index contributed by atoms with van der Waals surface area (Å²) in [6.45, 7) is 6.10. The molecule has 0 bridgehead atoms. The molecule has 0 spiro atoms. The van der Waals surface area contributed by atoms with Crippen molar-refractivity contribution in [3.8, 4) is 0 Å². The molecular formula is C15H26O2. The van der Waals surface area contributed by atoms with E-state index in [-0.39, 0.29) is 12.1 Å². The molecule has 2 heteroatoms. The summed E-state index contributed by atoms with van der Waals surface area (Å²) in [6.07, 6.45) is 9.14. The van der Waals surface area contributed by atoms with E-state index in [9.17, 15) is 4.79 Å². The summed E-state index contributed by atoms with van der Waals surface area (Å²) in [4.78, 5) is 12.0. The topological polar surface area (TPSA) is 26.3 Å². The van der Waals surface area contributed by atoms with Gasteiger partial charge in [0.2, 0.25) is 0 Å². The molecule has 0 aromatic carbocycles. The maximum Gasteiger partial charge on any atom is 0.333 e. The second-order valence-electron chi connectivity index (χ2n) is 4.95. The lowest BCUT2D eigenvalue weighted by atomic mass is 10.0. The third-order valence-electron chi connectivity index (χ3n) is 3.77. The Hall–Kier alpha value is -0.790. The van der Waals surface area contributed by atoms with Gasteiger partial charge >= 0.3 is 5.97 Å². The summed E-state index contributed by atoms with van der Waals surface area (Å²) >= 11 is 0. The molecule has 0 unspecified atom stereocenters. The molecule has 0 atom stereocenters. The molecule has 98 valence electrons. The number of allylic oxidation sites excluding steroid dienone is 1. The van der Waals surface area contributed by atoms with Crippen LogP contribution in [0.3, 0.4) is 0 Å². The Morgan fingerprint density at radius 3 is 2.06 bits per heavy atom. The first kappa shape index (κ1) is 14.3. The zero-order chi connectivity index (χ0) is 12.7. The highest BCUT2D eigenvalue weighted by molar-refractivity contribution is 5.88. The van der Waals surface area contributed by atoms with Crippen molar-refractivity contribution in [2.45, 2.75) is 78.2 Å². The van der Waals surface area contributed by atoms with Gasteiger partial charge in [-0.25, -0.2) is 4.79 Å². The Morgan fingerprint density at radius 1 is 1.06 bits per heavy atom. The van der Waals surface area contributed by atoms with Crippen molar-refractivity contribution in [1.29, 1.82) is 0 Å². The Morgan fingerprint density at radius 2 is 1.59 bits per heavy atom. The van der Waals surface area contributed by atoms with Crippen LogP contribution in [0, 0.1) is 0 Å². The molecule has 1 fully saturated rings. The summed E-state index contributed by atoms with van der Waals surface area (Å²) in [5, 5.41) is 0. The van der Waals surface area contributed by atoms with E-state index in [1.165, 1.54) is 31.3 Å². The lowest BCUT2D eigenvalue weighted by Crippen LogP contribution is -2.18. The van der Waals surface area contributed by atoms with Gasteiger partial charge in [-0.2, -0.15) is 0 Å². The predicted molar refractivity (Wildman–Crippen MR) is 70.9 cm³/mol. The first-order chi connectivity index (χ1) is 8.19. The zero-order valence-electron chi connectivity index (χ0n) is 11.6. The fraction of sp³-hybridized carbons (Fsp3) is 0.800. The standard InChI is InChI=1S/C15H26O2/c1-4-13(5-2)12(3)15(16)17-14-10-8-6-7-9-11-14/h14H,4-11H2,1-3H3. The predicted octanol–water partition coefficient (Wildman–Crippen LogP) is 4.39. The number of hydrogen-bond acceptors (Lipinski definition) is 2. The molecule has 0 radical (unpaired) electrons. The van der Waals surface area contributed by atoms with Crippen LogP contribution in [-0.2, 0) is 9.53 Å². The molecule has 1 saturated carbocycles. The van der Waals surface area contributed by atoms with E-state index >= 15 is 0 Å². The molecular weight excluding hydrogens is 212 g/mol. The van der Waals surface area contributed by atoms with Crippen molar-refractivity contribution in [1.82, 2.24) is 0 Å². The van der Waals surface area contributed by atoms with Crippen molar-refractivity contribution in [2.75, 3.05) is 0 Å². The first-order valence-electron chi connectivity index (χ1n) is 7.08. The van der Waals surface area contributed by atoms with Gasteiger partial charge in [-0.3, -0.25) is 0 Å². The van der Waals surface area contributed by atoms with Crippen molar-refractivity contribution in [2.24, 2.45) is 0 Å². The lowest BCUT2D eigenvalue weighted by molar-refractivity contribution is -0.144. The molecule has 1 rings (SSSR count). The summed E-state index contributed by atoms with van der Waals surface area (Å²) in [6, 6.07) is 0. The Kier molecular flexibility index (Phi) is 6.31. The minimum atomic E-state index is -0.0874. The van der Waals surface area contributed by atoms with Gasteiger partial charge in [-0.05, 0) is 45.4 Å². The molecule has 1 aliphatic rings. The van der Waals surface area contributed by atoms with Gasteiger partial charge in [0.15, 0.2) is 0 Å².